The highest BCUT2D eigenvalue weighted by molar-refractivity contribution is 5.81. The monoisotopic (exact) mass is 168 g/mol. The lowest BCUT2D eigenvalue weighted by Gasteiger charge is -1.98. The molecule has 0 aromatic carbocycles. The van der Waals surface area contributed by atoms with Crippen LogP contribution in [0.15, 0.2) is 0 Å². The Balaban J connectivity index is 2.58. The van der Waals surface area contributed by atoms with Gasteiger partial charge >= 0.3 is 0 Å². The van der Waals surface area contributed by atoms with Gasteiger partial charge in [-0.05, 0) is 5.21 Å². The lowest BCUT2D eigenvalue weighted by atomic mass is 10.1. The molecular formula is C7H12N4O. The van der Waals surface area contributed by atoms with Crippen molar-refractivity contribution < 1.29 is 4.79 Å². The maximum absolute atomic E-state index is 11.2. The van der Waals surface area contributed by atoms with Gasteiger partial charge in [0.05, 0.1) is 13.5 Å². The fourth-order valence-electron chi connectivity index (χ4n) is 0.754. The standard InChI is InChI=1S/C7H12N4O/c1-5(2)6(12)4-7-8-10-11(3)9-7/h5H,4H2,1-3H3. The zero-order valence-electron chi connectivity index (χ0n) is 7.48. The maximum Gasteiger partial charge on any atom is 0.182 e. The summed E-state index contributed by atoms with van der Waals surface area (Å²) in [5.74, 6) is 0.674. The molecule has 0 atom stereocenters. The number of aryl methyl sites for hydroxylation is 1. The number of carbonyl (C=O) groups is 1. The molecule has 66 valence electrons. The van der Waals surface area contributed by atoms with Crippen LogP contribution in [-0.4, -0.2) is 26.0 Å². The van der Waals surface area contributed by atoms with Crippen molar-refractivity contribution in [2.24, 2.45) is 13.0 Å². The molecule has 0 amide bonds. The van der Waals surface area contributed by atoms with E-state index in [0.717, 1.165) is 0 Å². The van der Waals surface area contributed by atoms with Crippen LogP contribution in [0.1, 0.15) is 19.7 Å². The summed E-state index contributed by atoms with van der Waals surface area (Å²) in [6.45, 7) is 3.72. The van der Waals surface area contributed by atoms with Gasteiger partial charge in [-0.25, -0.2) is 0 Å². The van der Waals surface area contributed by atoms with Crippen LogP contribution in [-0.2, 0) is 18.3 Å². The number of hydrogen-bond donors (Lipinski definition) is 0. The van der Waals surface area contributed by atoms with Gasteiger partial charge in [0.1, 0.15) is 5.78 Å². The van der Waals surface area contributed by atoms with Crippen LogP contribution < -0.4 is 0 Å². The zero-order valence-corrected chi connectivity index (χ0v) is 7.48. The minimum Gasteiger partial charge on any atom is -0.299 e. The number of nitrogens with zero attached hydrogens (tertiary/aromatic N) is 4. The van der Waals surface area contributed by atoms with Crippen LogP contribution in [0.2, 0.25) is 0 Å². The maximum atomic E-state index is 11.2. The molecule has 1 heterocycles. The Morgan fingerprint density at radius 2 is 2.25 bits per heavy atom. The van der Waals surface area contributed by atoms with Crippen molar-refractivity contribution in [2.45, 2.75) is 20.3 Å². The molecule has 0 radical (unpaired) electrons. The lowest BCUT2D eigenvalue weighted by Crippen LogP contribution is -2.11. The summed E-state index contributed by atoms with van der Waals surface area (Å²) in [5.41, 5.74) is 0. The van der Waals surface area contributed by atoms with Gasteiger partial charge in [0.2, 0.25) is 0 Å². The van der Waals surface area contributed by atoms with Gasteiger partial charge in [-0.15, -0.1) is 10.2 Å². The first-order valence-electron chi connectivity index (χ1n) is 3.85. The Morgan fingerprint density at radius 3 is 2.67 bits per heavy atom. The second-order valence-corrected chi connectivity index (χ2v) is 2.99. The molecule has 0 bridgehead atoms. The molecule has 0 unspecified atom stereocenters. The van der Waals surface area contributed by atoms with Crippen molar-refractivity contribution in [3.05, 3.63) is 5.82 Å². The molecule has 0 saturated heterocycles. The summed E-state index contributed by atoms with van der Waals surface area (Å²) in [6.07, 6.45) is 0.283. The van der Waals surface area contributed by atoms with E-state index < -0.39 is 0 Å². The third kappa shape index (κ3) is 2.11. The summed E-state index contributed by atoms with van der Waals surface area (Å²) in [4.78, 5) is 12.6. The van der Waals surface area contributed by atoms with Gasteiger partial charge in [-0.3, -0.25) is 4.79 Å². The average Bonchev–Trinajstić information content (AvgIpc) is 2.35. The van der Waals surface area contributed by atoms with Crippen molar-refractivity contribution in [3.63, 3.8) is 0 Å². The van der Waals surface area contributed by atoms with E-state index in [1.807, 2.05) is 13.8 Å². The van der Waals surface area contributed by atoms with E-state index in [9.17, 15) is 4.79 Å². The Morgan fingerprint density at radius 1 is 1.58 bits per heavy atom. The highest BCUT2D eigenvalue weighted by Crippen LogP contribution is 1.99. The van der Waals surface area contributed by atoms with Crippen LogP contribution in [0.3, 0.4) is 0 Å². The normalized spacial score (nSPS) is 10.7. The fourth-order valence-corrected chi connectivity index (χ4v) is 0.754. The van der Waals surface area contributed by atoms with E-state index in [0.29, 0.717) is 5.82 Å². The van der Waals surface area contributed by atoms with Crippen molar-refractivity contribution in [3.8, 4) is 0 Å². The predicted molar refractivity (Wildman–Crippen MR) is 42.3 cm³/mol. The van der Waals surface area contributed by atoms with Gasteiger partial charge in [0.15, 0.2) is 5.82 Å². The summed E-state index contributed by atoms with van der Waals surface area (Å²) in [5, 5.41) is 11.3. The van der Waals surface area contributed by atoms with Crippen molar-refractivity contribution in [2.75, 3.05) is 0 Å². The van der Waals surface area contributed by atoms with E-state index >= 15 is 0 Å². The highest BCUT2D eigenvalue weighted by Gasteiger charge is 2.11. The Hall–Kier alpha value is -1.26. The van der Waals surface area contributed by atoms with Crippen LogP contribution in [0.4, 0.5) is 0 Å². The van der Waals surface area contributed by atoms with Crippen LogP contribution in [0.25, 0.3) is 0 Å². The van der Waals surface area contributed by atoms with Crippen LogP contribution in [0.5, 0.6) is 0 Å². The largest absolute Gasteiger partial charge is 0.299 e. The number of ketones is 1. The minimum absolute atomic E-state index is 0.0359. The van der Waals surface area contributed by atoms with E-state index in [2.05, 4.69) is 15.4 Å². The molecule has 0 aliphatic carbocycles. The number of Topliss-reactive ketones (excluding diaryl/α,β-unsaturated/α-hetero) is 1. The Bertz CT molecular complexity index is 279. The van der Waals surface area contributed by atoms with Crippen molar-refractivity contribution in [1.82, 2.24) is 20.2 Å². The predicted octanol–water partition coefficient (Wildman–Crippen LogP) is -0.0223. The van der Waals surface area contributed by atoms with Crippen molar-refractivity contribution in [1.29, 1.82) is 0 Å². The summed E-state index contributed by atoms with van der Waals surface area (Å²) in [7, 11) is 1.68. The molecule has 0 spiro atoms. The number of aromatic nitrogens is 4. The van der Waals surface area contributed by atoms with E-state index in [-0.39, 0.29) is 18.1 Å². The van der Waals surface area contributed by atoms with Gasteiger partial charge in [0, 0.05) is 5.92 Å². The molecule has 0 fully saturated rings. The zero-order chi connectivity index (χ0) is 9.14. The molecule has 5 heteroatoms. The molecule has 12 heavy (non-hydrogen) atoms. The van der Waals surface area contributed by atoms with Crippen LogP contribution in [0, 0.1) is 5.92 Å². The molecule has 5 nitrogen and oxygen atoms in total. The first-order valence-corrected chi connectivity index (χ1v) is 3.85. The first kappa shape index (κ1) is 8.83. The third-order valence-electron chi connectivity index (χ3n) is 1.53. The third-order valence-corrected chi connectivity index (χ3v) is 1.53. The highest BCUT2D eigenvalue weighted by atomic mass is 16.1. The van der Waals surface area contributed by atoms with Crippen LogP contribution >= 0.6 is 0 Å². The second-order valence-electron chi connectivity index (χ2n) is 2.99. The minimum atomic E-state index is 0.0359. The van der Waals surface area contributed by atoms with Gasteiger partial charge in [-0.2, -0.15) is 4.80 Å². The van der Waals surface area contributed by atoms with E-state index in [1.165, 1.54) is 4.80 Å². The van der Waals surface area contributed by atoms with Crippen molar-refractivity contribution >= 4 is 5.78 Å². The molecule has 0 aliphatic rings. The van der Waals surface area contributed by atoms with E-state index in [1.54, 1.807) is 7.05 Å². The van der Waals surface area contributed by atoms with Gasteiger partial charge in [0.25, 0.3) is 0 Å². The molecule has 1 rings (SSSR count). The number of carbonyl (C=O) groups excluding carboxylic acids is 1. The molecule has 1 aromatic heterocycles. The molecule has 0 N–H and O–H groups in total. The summed E-state index contributed by atoms with van der Waals surface area (Å²) < 4.78 is 0. The molecular weight excluding hydrogens is 156 g/mol. The smallest absolute Gasteiger partial charge is 0.182 e. The lowest BCUT2D eigenvalue weighted by molar-refractivity contribution is -0.121. The topological polar surface area (TPSA) is 60.7 Å². The Kier molecular flexibility index (Phi) is 2.52. The van der Waals surface area contributed by atoms with Gasteiger partial charge < -0.3 is 0 Å². The first-order chi connectivity index (χ1) is 5.59. The van der Waals surface area contributed by atoms with E-state index in [4.69, 9.17) is 0 Å². The molecule has 0 aliphatic heterocycles. The fraction of sp³-hybridized carbons (Fsp3) is 0.714. The number of hydrogen-bond acceptors (Lipinski definition) is 4. The second kappa shape index (κ2) is 3.42. The summed E-state index contributed by atoms with van der Waals surface area (Å²) in [6, 6.07) is 0. The van der Waals surface area contributed by atoms with Gasteiger partial charge in [-0.1, -0.05) is 13.8 Å². The quantitative estimate of drug-likeness (QED) is 0.636. The molecule has 0 saturated carbocycles. The number of tetrazole rings is 1. The Labute approximate surface area is 70.8 Å². The number of rotatable bonds is 3. The summed E-state index contributed by atoms with van der Waals surface area (Å²) >= 11 is 0. The molecule has 1 aromatic rings. The SMILES string of the molecule is CC(C)C(=O)Cc1nnn(C)n1. The average molecular weight is 168 g/mol.